The van der Waals surface area contributed by atoms with Crippen LogP contribution in [0.5, 0.6) is 0 Å². The molecule has 0 unspecified atom stereocenters. The van der Waals surface area contributed by atoms with E-state index in [1.54, 1.807) is 18.2 Å². The van der Waals surface area contributed by atoms with Gasteiger partial charge in [0.1, 0.15) is 5.82 Å². The summed E-state index contributed by atoms with van der Waals surface area (Å²) in [7, 11) is 1.43. The van der Waals surface area contributed by atoms with E-state index in [-0.39, 0.29) is 30.1 Å². The Morgan fingerprint density at radius 2 is 1.84 bits per heavy atom. The number of amides is 3. The zero-order chi connectivity index (χ0) is 22.7. The topological polar surface area (TPSA) is 84.0 Å². The van der Waals surface area contributed by atoms with Gasteiger partial charge in [0.25, 0.3) is 17.7 Å². The first-order valence-electron chi connectivity index (χ1n) is 9.48. The molecule has 0 spiro atoms. The van der Waals surface area contributed by atoms with Gasteiger partial charge in [-0.05, 0) is 31.2 Å². The lowest BCUT2D eigenvalue weighted by molar-refractivity contribution is -0.151. The molecule has 0 aliphatic carbocycles. The molecule has 3 rings (SSSR count). The summed E-state index contributed by atoms with van der Waals surface area (Å²) in [6.07, 6.45) is -0.249. The number of likely N-dealkylation sites (N-methyl/N-ethyl adjacent to an activating group) is 1. The zero-order valence-electron chi connectivity index (χ0n) is 17.0. The van der Waals surface area contributed by atoms with Crippen molar-refractivity contribution in [3.63, 3.8) is 0 Å². The highest BCUT2D eigenvalue weighted by Gasteiger charge is 2.35. The van der Waals surface area contributed by atoms with Crippen LogP contribution in [0.4, 0.5) is 4.39 Å². The summed E-state index contributed by atoms with van der Waals surface area (Å²) in [5.74, 6) is -2.76. The normalized spacial score (nSPS) is 12.7. The van der Waals surface area contributed by atoms with Crippen molar-refractivity contribution in [2.75, 3.05) is 20.2 Å². The summed E-state index contributed by atoms with van der Waals surface area (Å²) in [5.41, 5.74) is 1.61. The smallest absolute Gasteiger partial charge is 0.308 e. The summed E-state index contributed by atoms with van der Waals surface area (Å²) in [4.78, 5) is 51.1. The van der Waals surface area contributed by atoms with E-state index in [1.807, 2.05) is 6.92 Å². The van der Waals surface area contributed by atoms with Crippen molar-refractivity contribution in [3.8, 4) is 0 Å². The quantitative estimate of drug-likeness (QED) is 0.482. The minimum atomic E-state index is -0.738. The number of rotatable bonds is 7. The van der Waals surface area contributed by atoms with Crippen LogP contribution in [0.15, 0.2) is 36.4 Å². The molecule has 0 aromatic heterocycles. The molecular weight excluding hydrogens is 427 g/mol. The number of carbonyl (C=O) groups excluding carboxylic acids is 4. The summed E-state index contributed by atoms with van der Waals surface area (Å²) in [5, 5.41) is 0.188. The number of carbonyl (C=O) groups is 4. The van der Waals surface area contributed by atoms with E-state index < -0.39 is 36.1 Å². The van der Waals surface area contributed by atoms with Crippen molar-refractivity contribution in [2.45, 2.75) is 19.9 Å². The average molecular weight is 447 g/mol. The highest BCUT2D eigenvalue weighted by Crippen LogP contribution is 2.24. The molecule has 31 heavy (non-hydrogen) atoms. The molecule has 7 nitrogen and oxygen atoms in total. The van der Waals surface area contributed by atoms with Gasteiger partial charge in [-0.15, -0.1) is 0 Å². The van der Waals surface area contributed by atoms with Crippen LogP contribution >= 0.6 is 11.6 Å². The Hall–Kier alpha value is -3.26. The van der Waals surface area contributed by atoms with E-state index in [2.05, 4.69) is 0 Å². The first-order chi connectivity index (χ1) is 14.7. The Kier molecular flexibility index (Phi) is 6.70. The van der Waals surface area contributed by atoms with Gasteiger partial charge in [0.05, 0.1) is 17.5 Å². The third-order valence-electron chi connectivity index (χ3n) is 4.91. The molecule has 9 heteroatoms. The molecule has 162 valence electrons. The number of hydrogen-bond donors (Lipinski definition) is 0. The second-order valence-corrected chi connectivity index (χ2v) is 7.58. The molecule has 1 aliphatic rings. The van der Waals surface area contributed by atoms with E-state index >= 15 is 0 Å². The van der Waals surface area contributed by atoms with Crippen LogP contribution < -0.4 is 0 Å². The predicted octanol–water partition coefficient (Wildman–Crippen LogP) is 2.98. The molecule has 1 heterocycles. The Labute approximate surface area is 183 Å². The molecule has 1 aliphatic heterocycles. The third kappa shape index (κ3) is 4.91. The van der Waals surface area contributed by atoms with Gasteiger partial charge in [0.15, 0.2) is 6.61 Å². The zero-order valence-corrected chi connectivity index (χ0v) is 17.7. The second kappa shape index (κ2) is 9.26. The maximum atomic E-state index is 13.9. The number of aryl methyl sites for hydroxylation is 1. The first kappa shape index (κ1) is 22.4. The van der Waals surface area contributed by atoms with Crippen LogP contribution in [0, 0.1) is 12.7 Å². The largest absolute Gasteiger partial charge is 0.456 e. The molecule has 0 saturated carbocycles. The van der Waals surface area contributed by atoms with Crippen molar-refractivity contribution < 1.29 is 28.3 Å². The summed E-state index contributed by atoms with van der Waals surface area (Å²) >= 11 is 5.95. The number of halogens is 2. The number of fused-ring (bicyclic) bond motifs is 1. The predicted molar refractivity (Wildman–Crippen MR) is 110 cm³/mol. The number of benzene rings is 2. The van der Waals surface area contributed by atoms with Gasteiger partial charge in [-0.3, -0.25) is 24.1 Å². The van der Waals surface area contributed by atoms with Crippen LogP contribution in [0.1, 0.15) is 38.3 Å². The lowest BCUT2D eigenvalue weighted by atomic mass is 10.1. The molecule has 0 fully saturated rings. The van der Waals surface area contributed by atoms with Crippen LogP contribution in [0.3, 0.4) is 0 Å². The molecule has 3 amide bonds. The molecular formula is C22H20ClFN2O5. The van der Waals surface area contributed by atoms with Crippen molar-refractivity contribution in [1.82, 2.24) is 9.80 Å². The molecule has 0 atom stereocenters. The van der Waals surface area contributed by atoms with Crippen LogP contribution in [0.2, 0.25) is 5.02 Å². The number of imide groups is 1. The highest BCUT2D eigenvalue weighted by molar-refractivity contribution is 6.31. The lowest BCUT2D eigenvalue weighted by Crippen LogP contribution is -2.34. The average Bonchev–Trinajstić information content (AvgIpc) is 2.96. The lowest BCUT2D eigenvalue weighted by Gasteiger charge is -2.18. The van der Waals surface area contributed by atoms with Crippen LogP contribution in [-0.4, -0.2) is 53.7 Å². The standard InChI is InChI=1S/C22H20ClFN2O5/c1-13-6-7-14-15(10-13)22(30)26(21(14)29)9-8-20(28)31-12-19(27)25(2)11-16-17(23)4-3-5-18(16)24/h3-7,10H,8-9,11-12H2,1-2H3. The fourth-order valence-corrected chi connectivity index (χ4v) is 3.37. The number of hydrogen-bond acceptors (Lipinski definition) is 5. The fraction of sp³-hybridized carbons (Fsp3) is 0.273. The Bertz CT molecular complexity index is 1050. The van der Waals surface area contributed by atoms with Gasteiger partial charge < -0.3 is 9.64 Å². The van der Waals surface area contributed by atoms with Gasteiger partial charge in [0.2, 0.25) is 0 Å². The SMILES string of the molecule is Cc1ccc2c(c1)C(=O)N(CCC(=O)OCC(=O)N(C)Cc1c(F)cccc1Cl)C2=O. The van der Waals surface area contributed by atoms with Crippen molar-refractivity contribution >= 4 is 35.3 Å². The van der Waals surface area contributed by atoms with Crippen molar-refractivity contribution in [3.05, 3.63) is 69.5 Å². The van der Waals surface area contributed by atoms with Gasteiger partial charge >= 0.3 is 5.97 Å². The molecule has 2 aromatic carbocycles. The Balaban J connectivity index is 1.49. The van der Waals surface area contributed by atoms with Crippen molar-refractivity contribution in [1.29, 1.82) is 0 Å². The van der Waals surface area contributed by atoms with Crippen molar-refractivity contribution in [2.24, 2.45) is 0 Å². The molecule has 0 bridgehead atoms. The number of esters is 1. The minimum absolute atomic E-state index is 0.0870. The van der Waals surface area contributed by atoms with E-state index in [9.17, 15) is 23.6 Å². The maximum Gasteiger partial charge on any atom is 0.308 e. The third-order valence-corrected chi connectivity index (χ3v) is 5.26. The van der Waals surface area contributed by atoms with Crippen LogP contribution in [0.25, 0.3) is 0 Å². The maximum absolute atomic E-state index is 13.9. The summed E-state index contributed by atoms with van der Waals surface area (Å²) in [6.45, 7) is 1.02. The van der Waals surface area contributed by atoms with Gasteiger partial charge in [-0.2, -0.15) is 0 Å². The second-order valence-electron chi connectivity index (χ2n) is 7.17. The van der Waals surface area contributed by atoms with Gasteiger partial charge in [-0.1, -0.05) is 29.3 Å². The van der Waals surface area contributed by atoms with E-state index in [0.717, 1.165) is 10.5 Å². The molecule has 0 saturated heterocycles. The van der Waals surface area contributed by atoms with Gasteiger partial charge in [0, 0.05) is 30.7 Å². The summed E-state index contributed by atoms with van der Waals surface area (Å²) in [6, 6.07) is 9.15. The molecule has 2 aromatic rings. The summed E-state index contributed by atoms with van der Waals surface area (Å²) < 4.78 is 18.8. The van der Waals surface area contributed by atoms with E-state index in [1.165, 1.54) is 30.1 Å². The highest BCUT2D eigenvalue weighted by atomic mass is 35.5. The van der Waals surface area contributed by atoms with Gasteiger partial charge in [-0.25, -0.2) is 4.39 Å². The van der Waals surface area contributed by atoms with E-state index in [4.69, 9.17) is 16.3 Å². The fourth-order valence-electron chi connectivity index (χ4n) is 3.14. The minimum Gasteiger partial charge on any atom is -0.456 e. The van der Waals surface area contributed by atoms with E-state index in [0.29, 0.717) is 11.1 Å². The first-order valence-corrected chi connectivity index (χ1v) is 9.86. The number of ether oxygens (including phenoxy) is 1. The monoisotopic (exact) mass is 446 g/mol. The molecule has 0 radical (unpaired) electrons. The van der Waals surface area contributed by atoms with Crippen LogP contribution in [-0.2, 0) is 20.9 Å². The Morgan fingerprint density at radius 1 is 1.13 bits per heavy atom. The Morgan fingerprint density at radius 3 is 2.55 bits per heavy atom. The number of nitrogens with zero attached hydrogens (tertiary/aromatic N) is 2. The molecule has 0 N–H and O–H groups in total.